The van der Waals surface area contributed by atoms with Crippen LogP contribution in [-0.4, -0.2) is 40.8 Å². The molecule has 0 fully saturated rings. The molecule has 0 heterocycles. The van der Waals surface area contributed by atoms with Crippen molar-refractivity contribution in [3.05, 3.63) is 0 Å². The van der Waals surface area contributed by atoms with Crippen molar-refractivity contribution in [2.45, 2.75) is 20.8 Å². The molecule has 0 saturated heterocycles. The minimum absolute atomic E-state index is 0.0189. The lowest BCUT2D eigenvalue weighted by atomic mass is 10.6. The summed E-state index contributed by atoms with van der Waals surface area (Å²) in [6, 6.07) is 0. The zero-order valence-corrected chi connectivity index (χ0v) is 10.0. The van der Waals surface area contributed by atoms with Gasteiger partial charge in [-0.1, -0.05) is 11.8 Å². The van der Waals surface area contributed by atoms with Gasteiger partial charge in [-0.2, -0.15) is 0 Å². The molecule has 0 aliphatic rings. The van der Waals surface area contributed by atoms with Gasteiger partial charge in [-0.05, 0) is 13.8 Å². The fourth-order valence-electron chi connectivity index (χ4n) is 0.933. The quantitative estimate of drug-likeness (QED) is 0.780. The Labute approximate surface area is 93.6 Å². The topological polar surface area (TPSA) is 66.5 Å². The number of rotatable bonds is 4. The Morgan fingerprint density at radius 2 is 1.73 bits per heavy atom. The average Bonchev–Trinajstić information content (AvgIpc) is 2.15. The van der Waals surface area contributed by atoms with Gasteiger partial charge in [0.05, 0.1) is 5.75 Å². The molecule has 0 saturated carbocycles. The molecule has 0 unspecified atom stereocenters. The van der Waals surface area contributed by atoms with Crippen LogP contribution in [-0.2, 0) is 9.59 Å². The number of nitrogens with zero attached hydrogens (tertiary/aromatic N) is 1. The predicted molar refractivity (Wildman–Crippen MR) is 59.6 cm³/mol. The van der Waals surface area contributed by atoms with Crippen LogP contribution in [0.5, 0.6) is 0 Å². The van der Waals surface area contributed by atoms with Crippen molar-refractivity contribution in [3.63, 3.8) is 0 Å². The Kier molecular flexibility index (Phi) is 6.77. The van der Waals surface area contributed by atoms with E-state index in [2.05, 4.69) is 5.32 Å². The molecule has 0 aromatic heterocycles. The summed E-state index contributed by atoms with van der Waals surface area (Å²) in [6.45, 7) is 6.25. The third-order valence-corrected chi connectivity index (χ3v) is 2.58. The highest BCUT2D eigenvalue weighted by molar-refractivity contribution is 8.14. The molecule has 0 atom stereocenters. The van der Waals surface area contributed by atoms with Crippen LogP contribution in [0.1, 0.15) is 20.8 Å². The van der Waals surface area contributed by atoms with Crippen LogP contribution in [0.3, 0.4) is 0 Å². The van der Waals surface area contributed by atoms with Crippen LogP contribution in [0.25, 0.3) is 0 Å². The molecule has 5 nitrogen and oxygen atoms in total. The second kappa shape index (κ2) is 7.28. The van der Waals surface area contributed by atoms with Gasteiger partial charge in [-0.3, -0.25) is 19.7 Å². The van der Waals surface area contributed by atoms with Crippen molar-refractivity contribution < 1.29 is 14.4 Å². The van der Waals surface area contributed by atoms with E-state index in [0.717, 1.165) is 11.8 Å². The number of hydrogen-bond acceptors (Lipinski definition) is 4. The molecular weight excluding hydrogens is 216 g/mol. The molecule has 0 aromatic carbocycles. The normalized spacial score (nSPS) is 9.53. The highest BCUT2D eigenvalue weighted by Gasteiger charge is 2.12. The van der Waals surface area contributed by atoms with Crippen molar-refractivity contribution in [2.24, 2.45) is 0 Å². The van der Waals surface area contributed by atoms with E-state index in [1.165, 1.54) is 6.92 Å². The number of carbonyl (C=O) groups excluding carboxylic acids is 3. The summed E-state index contributed by atoms with van der Waals surface area (Å²) in [6.07, 6.45) is 0. The smallest absolute Gasteiger partial charge is 0.282 e. The van der Waals surface area contributed by atoms with E-state index in [4.69, 9.17) is 0 Å². The highest BCUT2D eigenvalue weighted by Crippen LogP contribution is 2.07. The Balaban J connectivity index is 3.89. The van der Waals surface area contributed by atoms with Crippen molar-refractivity contribution in [2.75, 3.05) is 18.8 Å². The van der Waals surface area contributed by atoms with Crippen LogP contribution < -0.4 is 5.32 Å². The van der Waals surface area contributed by atoms with E-state index >= 15 is 0 Å². The Bertz CT molecular complexity index is 252. The van der Waals surface area contributed by atoms with Crippen molar-refractivity contribution in [1.29, 1.82) is 0 Å². The van der Waals surface area contributed by atoms with Gasteiger partial charge < -0.3 is 4.90 Å². The molecule has 0 aromatic rings. The van der Waals surface area contributed by atoms with Gasteiger partial charge in [-0.15, -0.1) is 0 Å². The van der Waals surface area contributed by atoms with Gasteiger partial charge in [0, 0.05) is 20.0 Å². The molecule has 0 spiro atoms. The Morgan fingerprint density at radius 3 is 2.13 bits per heavy atom. The number of amides is 3. The average molecular weight is 232 g/mol. The maximum Gasteiger partial charge on any atom is 0.282 e. The van der Waals surface area contributed by atoms with E-state index in [-0.39, 0.29) is 11.0 Å². The van der Waals surface area contributed by atoms with Crippen LogP contribution in [0.15, 0.2) is 0 Å². The second-order valence-corrected chi connectivity index (χ2v) is 3.76. The van der Waals surface area contributed by atoms with Gasteiger partial charge >= 0.3 is 0 Å². The number of imide groups is 1. The summed E-state index contributed by atoms with van der Waals surface area (Å²) in [5.41, 5.74) is 0. The van der Waals surface area contributed by atoms with Gasteiger partial charge in [0.15, 0.2) is 0 Å². The van der Waals surface area contributed by atoms with E-state index < -0.39 is 11.8 Å². The largest absolute Gasteiger partial charge is 0.334 e. The predicted octanol–water partition coefficient (Wildman–Crippen LogP) is 0.844. The maximum absolute atomic E-state index is 11.4. The van der Waals surface area contributed by atoms with Gasteiger partial charge in [0.2, 0.25) is 11.8 Å². The summed E-state index contributed by atoms with van der Waals surface area (Å²) in [5.74, 6) is -0.863. The molecule has 0 radical (unpaired) electrons. The highest BCUT2D eigenvalue weighted by atomic mass is 32.2. The van der Waals surface area contributed by atoms with Crippen LogP contribution in [0, 0.1) is 0 Å². The van der Waals surface area contributed by atoms with Gasteiger partial charge in [0.1, 0.15) is 0 Å². The molecule has 0 rings (SSSR count). The zero-order valence-electron chi connectivity index (χ0n) is 9.20. The number of nitrogens with one attached hydrogen (secondary N) is 1. The van der Waals surface area contributed by atoms with Crippen LogP contribution in [0.4, 0.5) is 4.79 Å². The van der Waals surface area contributed by atoms with E-state index in [0.29, 0.717) is 13.1 Å². The van der Waals surface area contributed by atoms with E-state index in [1.807, 2.05) is 13.8 Å². The molecule has 3 amide bonds. The monoisotopic (exact) mass is 232 g/mol. The van der Waals surface area contributed by atoms with E-state index in [1.54, 1.807) is 4.90 Å². The first-order valence-electron chi connectivity index (χ1n) is 4.73. The molecule has 6 heteroatoms. The summed E-state index contributed by atoms with van der Waals surface area (Å²) < 4.78 is 0. The lowest BCUT2D eigenvalue weighted by Gasteiger charge is -2.17. The lowest BCUT2D eigenvalue weighted by molar-refractivity contribution is -0.127. The molecular formula is C9H16N2O3S. The van der Waals surface area contributed by atoms with Gasteiger partial charge in [0.25, 0.3) is 5.24 Å². The van der Waals surface area contributed by atoms with Crippen molar-refractivity contribution >= 4 is 28.8 Å². The van der Waals surface area contributed by atoms with Crippen LogP contribution in [0.2, 0.25) is 0 Å². The minimum Gasteiger partial charge on any atom is -0.334 e. The lowest BCUT2D eigenvalue weighted by Crippen LogP contribution is -2.32. The molecule has 0 bridgehead atoms. The molecule has 0 aliphatic heterocycles. The standard InChI is InChI=1S/C9H16N2O3S/c1-4-11(5-2)9(14)15-6-8(13)10-7(3)12/h4-6H2,1-3H3,(H,10,12,13). The first-order valence-corrected chi connectivity index (χ1v) is 5.71. The number of hydrogen-bond donors (Lipinski definition) is 1. The molecule has 0 aliphatic carbocycles. The third-order valence-electron chi connectivity index (χ3n) is 1.66. The minimum atomic E-state index is -0.437. The molecule has 1 N–H and O–H groups in total. The first-order chi connectivity index (χ1) is 7.01. The summed E-state index contributed by atoms with van der Waals surface area (Å²) in [7, 11) is 0. The summed E-state index contributed by atoms with van der Waals surface area (Å²) in [5, 5.41) is 1.96. The second-order valence-electron chi connectivity index (χ2n) is 2.83. The SMILES string of the molecule is CCN(CC)C(=O)SCC(=O)NC(C)=O. The number of carbonyl (C=O) groups is 3. The zero-order chi connectivity index (χ0) is 11.8. The Morgan fingerprint density at radius 1 is 1.20 bits per heavy atom. The third kappa shape index (κ3) is 6.11. The van der Waals surface area contributed by atoms with Crippen LogP contribution >= 0.6 is 11.8 Å². The Hall–Kier alpha value is -1.04. The fraction of sp³-hybridized carbons (Fsp3) is 0.667. The summed E-state index contributed by atoms with van der Waals surface area (Å²) in [4.78, 5) is 34.6. The van der Waals surface area contributed by atoms with Crippen molar-refractivity contribution in [1.82, 2.24) is 10.2 Å². The maximum atomic E-state index is 11.4. The number of thioether (sulfide) groups is 1. The molecule has 15 heavy (non-hydrogen) atoms. The summed E-state index contributed by atoms with van der Waals surface area (Å²) >= 11 is 0.907. The van der Waals surface area contributed by atoms with Gasteiger partial charge in [-0.25, -0.2) is 0 Å². The first kappa shape index (κ1) is 14.0. The van der Waals surface area contributed by atoms with E-state index in [9.17, 15) is 14.4 Å². The molecule has 86 valence electrons. The van der Waals surface area contributed by atoms with Crippen molar-refractivity contribution in [3.8, 4) is 0 Å². The fourth-order valence-corrected chi connectivity index (χ4v) is 1.70.